The predicted octanol–water partition coefficient (Wildman–Crippen LogP) is 2.90. The van der Waals surface area contributed by atoms with E-state index in [0.717, 1.165) is 26.3 Å². The van der Waals surface area contributed by atoms with Crippen LogP contribution in [0.1, 0.15) is 25.6 Å². The molecule has 1 N–H and O–H groups in total. The second-order valence-corrected chi connectivity index (χ2v) is 5.55. The van der Waals surface area contributed by atoms with Gasteiger partial charge in [0.15, 0.2) is 0 Å². The minimum Gasteiger partial charge on any atom is -0.375 e. The van der Waals surface area contributed by atoms with Crippen LogP contribution >= 0.6 is 11.3 Å². The molecular formula is C12H21NOS. The fourth-order valence-electron chi connectivity index (χ4n) is 1.34. The lowest BCUT2D eigenvalue weighted by Crippen LogP contribution is -2.33. The smallest absolute Gasteiger partial charge is 0.0809 e. The van der Waals surface area contributed by atoms with Crippen molar-refractivity contribution in [2.24, 2.45) is 5.41 Å². The van der Waals surface area contributed by atoms with E-state index < -0.39 is 0 Å². The van der Waals surface area contributed by atoms with Crippen molar-refractivity contribution in [2.45, 2.75) is 27.4 Å². The highest BCUT2D eigenvalue weighted by molar-refractivity contribution is 7.09. The van der Waals surface area contributed by atoms with Gasteiger partial charge in [0.1, 0.15) is 0 Å². The highest BCUT2D eigenvalue weighted by Crippen LogP contribution is 2.16. The summed E-state index contributed by atoms with van der Waals surface area (Å²) in [6.45, 7) is 10.2. The molecule has 0 saturated carbocycles. The molecular weight excluding hydrogens is 206 g/mol. The summed E-state index contributed by atoms with van der Waals surface area (Å²) < 4.78 is 5.71. The Labute approximate surface area is 96.7 Å². The van der Waals surface area contributed by atoms with E-state index in [1.165, 1.54) is 4.88 Å². The summed E-state index contributed by atoms with van der Waals surface area (Å²) in [5.74, 6) is 0. The molecule has 1 heterocycles. The monoisotopic (exact) mass is 227 g/mol. The first-order valence-corrected chi connectivity index (χ1v) is 6.33. The largest absolute Gasteiger partial charge is 0.375 e. The summed E-state index contributed by atoms with van der Waals surface area (Å²) in [5, 5.41) is 5.44. The van der Waals surface area contributed by atoms with E-state index in [1.54, 1.807) is 11.3 Å². The Balaban J connectivity index is 2.18. The minimum absolute atomic E-state index is 0.216. The third-order valence-electron chi connectivity index (χ3n) is 2.17. The SMILES string of the molecule is CCNCC(C)(C)COCc1cccs1. The van der Waals surface area contributed by atoms with Crippen LogP contribution in [0.4, 0.5) is 0 Å². The maximum Gasteiger partial charge on any atom is 0.0809 e. The Morgan fingerprint density at radius 1 is 1.47 bits per heavy atom. The fourth-order valence-corrected chi connectivity index (χ4v) is 1.98. The lowest BCUT2D eigenvalue weighted by atomic mass is 9.95. The number of ether oxygens (including phenoxy) is 1. The van der Waals surface area contributed by atoms with E-state index in [0.29, 0.717) is 0 Å². The second kappa shape index (κ2) is 6.26. The average Bonchev–Trinajstić information content (AvgIpc) is 2.67. The van der Waals surface area contributed by atoms with Gasteiger partial charge in [-0.3, -0.25) is 0 Å². The molecule has 0 aliphatic carbocycles. The third-order valence-corrected chi connectivity index (χ3v) is 3.02. The summed E-state index contributed by atoms with van der Waals surface area (Å²) in [7, 11) is 0. The van der Waals surface area contributed by atoms with Gasteiger partial charge in [0.2, 0.25) is 0 Å². The Bertz CT molecular complexity index is 257. The highest BCUT2D eigenvalue weighted by Gasteiger charge is 2.17. The molecule has 0 fully saturated rings. The lowest BCUT2D eigenvalue weighted by Gasteiger charge is -2.24. The van der Waals surface area contributed by atoms with Gasteiger partial charge in [-0.05, 0) is 18.0 Å². The van der Waals surface area contributed by atoms with Gasteiger partial charge in [-0.2, -0.15) is 0 Å². The van der Waals surface area contributed by atoms with Gasteiger partial charge in [0, 0.05) is 16.8 Å². The van der Waals surface area contributed by atoms with Gasteiger partial charge in [-0.25, -0.2) is 0 Å². The van der Waals surface area contributed by atoms with Crippen LogP contribution in [0.15, 0.2) is 17.5 Å². The summed E-state index contributed by atoms with van der Waals surface area (Å²) in [4.78, 5) is 1.30. The quantitative estimate of drug-likeness (QED) is 0.773. The summed E-state index contributed by atoms with van der Waals surface area (Å²) in [5.41, 5.74) is 0.216. The first kappa shape index (κ1) is 12.7. The summed E-state index contributed by atoms with van der Waals surface area (Å²) in [6.07, 6.45) is 0. The van der Waals surface area contributed by atoms with Crippen molar-refractivity contribution < 1.29 is 4.74 Å². The Hall–Kier alpha value is -0.380. The van der Waals surface area contributed by atoms with Gasteiger partial charge in [0.25, 0.3) is 0 Å². The Morgan fingerprint density at radius 3 is 2.87 bits per heavy atom. The minimum atomic E-state index is 0.216. The van der Waals surface area contributed by atoms with E-state index in [2.05, 4.69) is 43.6 Å². The number of rotatable bonds is 7. The molecule has 15 heavy (non-hydrogen) atoms. The van der Waals surface area contributed by atoms with Crippen LogP contribution in [0.3, 0.4) is 0 Å². The summed E-state index contributed by atoms with van der Waals surface area (Å²) >= 11 is 1.75. The third kappa shape index (κ3) is 5.30. The molecule has 86 valence electrons. The maximum atomic E-state index is 5.71. The zero-order valence-electron chi connectivity index (χ0n) is 9.88. The van der Waals surface area contributed by atoms with E-state index in [4.69, 9.17) is 4.74 Å². The molecule has 1 aromatic heterocycles. The van der Waals surface area contributed by atoms with Crippen molar-refractivity contribution in [1.29, 1.82) is 0 Å². The Morgan fingerprint density at radius 2 is 2.27 bits per heavy atom. The van der Waals surface area contributed by atoms with Crippen molar-refractivity contribution in [3.8, 4) is 0 Å². The van der Waals surface area contributed by atoms with Gasteiger partial charge < -0.3 is 10.1 Å². The first-order valence-electron chi connectivity index (χ1n) is 5.45. The van der Waals surface area contributed by atoms with Crippen LogP contribution < -0.4 is 5.32 Å². The zero-order chi connectivity index (χ0) is 11.1. The normalized spacial score (nSPS) is 11.9. The maximum absolute atomic E-state index is 5.71. The topological polar surface area (TPSA) is 21.3 Å². The molecule has 0 spiro atoms. The molecule has 1 aromatic rings. The van der Waals surface area contributed by atoms with Crippen LogP contribution in [-0.4, -0.2) is 19.7 Å². The number of thiophene rings is 1. The van der Waals surface area contributed by atoms with Crippen molar-refractivity contribution in [3.05, 3.63) is 22.4 Å². The molecule has 0 aliphatic heterocycles. The molecule has 0 aliphatic rings. The van der Waals surface area contributed by atoms with Crippen molar-refractivity contribution in [1.82, 2.24) is 5.32 Å². The van der Waals surface area contributed by atoms with E-state index >= 15 is 0 Å². The molecule has 0 bridgehead atoms. The molecule has 3 heteroatoms. The zero-order valence-corrected chi connectivity index (χ0v) is 10.7. The van der Waals surface area contributed by atoms with Gasteiger partial charge in [-0.1, -0.05) is 26.8 Å². The molecule has 1 rings (SSSR count). The molecule has 2 nitrogen and oxygen atoms in total. The van der Waals surface area contributed by atoms with Crippen LogP contribution in [0.25, 0.3) is 0 Å². The first-order chi connectivity index (χ1) is 7.14. The Kier molecular flexibility index (Phi) is 5.29. The van der Waals surface area contributed by atoms with E-state index in [1.807, 2.05) is 0 Å². The van der Waals surface area contributed by atoms with E-state index in [-0.39, 0.29) is 5.41 Å². The number of hydrogen-bond donors (Lipinski definition) is 1. The highest BCUT2D eigenvalue weighted by atomic mass is 32.1. The number of nitrogens with one attached hydrogen (secondary N) is 1. The molecule has 0 aromatic carbocycles. The van der Waals surface area contributed by atoms with Crippen LogP contribution in [0.2, 0.25) is 0 Å². The van der Waals surface area contributed by atoms with Crippen molar-refractivity contribution in [2.75, 3.05) is 19.7 Å². The molecule has 0 unspecified atom stereocenters. The van der Waals surface area contributed by atoms with Crippen LogP contribution in [0.5, 0.6) is 0 Å². The molecule has 0 amide bonds. The number of hydrogen-bond acceptors (Lipinski definition) is 3. The fraction of sp³-hybridized carbons (Fsp3) is 0.667. The molecule has 0 atom stereocenters. The van der Waals surface area contributed by atoms with Gasteiger partial charge in [-0.15, -0.1) is 11.3 Å². The summed E-state index contributed by atoms with van der Waals surface area (Å²) in [6, 6.07) is 4.18. The van der Waals surface area contributed by atoms with Crippen LogP contribution in [0, 0.1) is 5.41 Å². The van der Waals surface area contributed by atoms with E-state index in [9.17, 15) is 0 Å². The van der Waals surface area contributed by atoms with Gasteiger partial charge in [0.05, 0.1) is 13.2 Å². The van der Waals surface area contributed by atoms with Crippen molar-refractivity contribution in [3.63, 3.8) is 0 Å². The predicted molar refractivity (Wildman–Crippen MR) is 66.3 cm³/mol. The second-order valence-electron chi connectivity index (χ2n) is 4.52. The lowest BCUT2D eigenvalue weighted by molar-refractivity contribution is 0.0529. The van der Waals surface area contributed by atoms with Gasteiger partial charge >= 0.3 is 0 Å². The molecule has 0 saturated heterocycles. The van der Waals surface area contributed by atoms with Crippen LogP contribution in [-0.2, 0) is 11.3 Å². The average molecular weight is 227 g/mol. The standard InChI is InChI=1S/C12H21NOS/c1-4-13-9-12(2,3)10-14-8-11-6-5-7-15-11/h5-7,13H,4,8-10H2,1-3H3. The van der Waals surface area contributed by atoms with Crippen molar-refractivity contribution >= 4 is 11.3 Å². The molecule has 0 radical (unpaired) electrons.